The summed E-state index contributed by atoms with van der Waals surface area (Å²) in [7, 11) is 0. The first-order chi connectivity index (χ1) is 8.04. The Balaban J connectivity index is 2.61. The minimum absolute atomic E-state index is 0.0327. The summed E-state index contributed by atoms with van der Waals surface area (Å²) in [6, 6.07) is 5.22. The second-order valence-corrected chi connectivity index (χ2v) is 5.05. The van der Waals surface area contributed by atoms with Crippen molar-refractivity contribution in [2.24, 2.45) is 11.7 Å². The molecule has 0 aliphatic carbocycles. The molecule has 0 fully saturated rings. The van der Waals surface area contributed by atoms with Gasteiger partial charge in [0.05, 0.1) is 0 Å². The molecule has 4 heteroatoms. The van der Waals surface area contributed by atoms with Crippen LogP contribution in [0.3, 0.4) is 0 Å². The van der Waals surface area contributed by atoms with Gasteiger partial charge in [-0.3, -0.25) is 4.79 Å². The van der Waals surface area contributed by atoms with Crippen LogP contribution in [0.25, 0.3) is 0 Å². The molecule has 0 aliphatic heterocycles. The quantitative estimate of drug-likeness (QED) is 0.863. The van der Waals surface area contributed by atoms with Crippen LogP contribution in [-0.2, 0) is 11.2 Å². The van der Waals surface area contributed by atoms with Gasteiger partial charge >= 0.3 is 0 Å². The van der Waals surface area contributed by atoms with Crippen molar-refractivity contribution >= 4 is 29.0 Å². The largest absolute Gasteiger partial charge is 0.330 e. The Kier molecular flexibility index (Phi) is 5.96. The molecule has 0 aliphatic rings. The van der Waals surface area contributed by atoms with Gasteiger partial charge in [-0.05, 0) is 37.1 Å². The highest BCUT2D eigenvalue weighted by Crippen LogP contribution is 2.22. The van der Waals surface area contributed by atoms with Crippen molar-refractivity contribution < 1.29 is 4.79 Å². The molecule has 1 atom stereocenters. The van der Waals surface area contributed by atoms with Gasteiger partial charge in [-0.2, -0.15) is 0 Å². The van der Waals surface area contributed by atoms with Crippen LogP contribution in [0.4, 0.5) is 0 Å². The van der Waals surface area contributed by atoms with Crippen LogP contribution in [0, 0.1) is 5.92 Å². The average Bonchev–Trinajstić information content (AvgIpc) is 2.29. The second kappa shape index (κ2) is 7.00. The molecule has 0 saturated heterocycles. The molecule has 1 unspecified atom stereocenters. The van der Waals surface area contributed by atoms with Gasteiger partial charge < -0.3 is 5.73 Å². The molecule has 1 aromatic carbocycles. The van der Waals surface area contributed by atoms with Crippen molar-refractivity contribution in [3.05, 3.63) is 33.8 Å². The molecule has 17 heavy (non-hydrogen) atoms. The molecular weight excluding hydrogens is 257 g/mol. The van der Waals surface area contributed by atoms with E-state index in [-0.39, 0.29) is 11.7 Å². The number of nitrogens with two attached hydrogens (primary N) is 1. The smallest absolute Gasteiger partial charge is 0.140 e. The fraction of sp³-hybridized carbons (Fsp3) is 0.462. The fourth-order valence-corrected chi connectivity index (χ4v) is 2.09. The standard InChI is InChI=1S/C13H17Cl2NO/c1-9(3-2-6-16)13(17)7-10-4-5-11(14)8-12(10)15/h4-5,8-9H,2-3,6-7,16H2,1H3. The van der Waals surface area contributed by atoms with Crippen molar-refractivity contribution in [1.29, 1.82) is 0 Å². The predicted octanol–water partition coefficient (Wildman–Crippen LogP) is 3.48. The Hall–Kier alpha value is -0.570. The topological polar surface area (TPSA) is 43.1 Å². The Bertz CT molecular complexity index is 393. The maximum atomic E-state index is 11.9. The van der Waals surface area contributed by atoms with Crippen molar-refractivity contribution in [1.82, 2.24) is 0 Å². The Morgan fingerprint density at radius 2 is 2.12 bits per heavy atom. The first-order valence-electron chi connectivity index (χ1n) is 5.71. The van der Waals surface area contributed by atoms with Gasteiger partial charge in [0.2, 0.25) is 0 Å². The molecule has 94 valence electrons. The van der Waals surface area contributed by atoms with E-state index in [0.29, 0.717) is 23.0 Å². The highest BCUT2D eigenvalue weighted by molar-refractivity contribution is 6.35. The molecule has 0 saturated carbocycles. The van der Waals surface area contributed by atoms with Crippen molar-refractivity contribution in [3.63, 3.8) is 0 Å². The summed E-state index contributed by atoms with van der Waals surface area (Å²) in [6.45, 7) is 2.56. The summed E-state index contributed by atoms with van der Waals surface area (Å²) in [6.07, 6.45) is 2.07. The van der Waals surface area contributed by atoms with E-state index in [2.05, 4.69) is 0 Å². The van der Waals surface area contributed by atoms with Crippen LogP contribution in [-0.4, -0.2) is 12.3 Å². The lowest BCUT2D eigenvalue weighted by atomic mass is 9.95. The molecular formula is C13H17Cl2NO. The monoisotopic (exact) mass is 273 g/mol. The Labute approximate surface area is 112 Å². The second-order valence-electron chi connectivity index (χ2n) is 4.21. The van der Waals surface area contributed by atoms with Crippen LogP contribution in [0.2, 0.25) is 10.0 Å². The molecule has 0 heterocycles. The lowest BCUT2D eigenvalue weighted by Gasteiger charge is -2.10. The number of halogens is 2. The average molecular weight is 274 g/mol. The third-order valence-corrected chi connectivity index (χ3v) is 3.36. The zero-order chi connectivity index (χ0) is 12.8. The summed E-state index contributed by atoms with van der Waals surface area (Å²) in [5, 5.41) is 1.14. The number of Topliss-reactive ketones (excluding diaryl/α,β-unsaturated/α-hetero) is 1. The third kappa shape index (κ3) is 4.66. The van der Waals surface area contributed by atoms with Crippen molar-refractivity contribution in [2.75, 3.05) is 6.54 Å². The highest BCUT2D eigenvalue weighted by Gasteiger charge is 2.14. The number of hydrogen-bond acceptors (Lipinski definition) is 2. The normalized spacial score (nSPS) is 12.5. The van der Waals surface area contributed by atoms with E-state index in [0.717, 1.165) is 18.4 Å². The summed E-state index contributed by atoms with van der Waals surface area (Å²) in [5.74, 6) is 0.230. The minimum atomic E-state index is 0.0327. The molecule has 0 bridgehead atoms. The lowest BCUT2D eigenvalue weighted by Crippen LogP contribution is -2.15. The number of carbonyl (C=O) groups excluding carboxylic acids is 1. The molecule has 2 N–H and O–H groups in total. The van der Waals surface area contributed by atoms with E-state index < -0.39 is 0 Å². The molecule has 0 amide bonds. The number of hydrogen-bond donors (Lipinski definition) is 1. The predicted molar refractivity (Wildman–Crippen MR) is 72.6 cm³/mol. The maximum absolute atomic E-state index is 11.9. The SMILES string of the molecule is CC(CCCN)C(=O)Cc1ccc(Cl)cc1Cl. The highest BCUT2D eigenvalue weighted by atomic mass is 35.5. The Morgan fingerprint density at radius 3 is 2.71 bits per heavy atom. The zero-order valence-corrected chi connectivity index (χ0v) is 11.4. The maximum Gasteiger partial charge on any atom is 0.140 e. The lowest BCUT2D eigenvalue weighted by molar-refractivity contribution is -0.121. The number of rotatable bonds is 6. The number of ketones is 1. The molecule has 2 nitrogen and oxygen atoms in total. The summed E-state index contributed by atoms with van der Waals surface area (Å²) < 4.78 is 0. The Morgan fingerprint density at radius 1 is 1.41 bits per heavy atom. The van der Waals surface area contributed by atoms with Gasteiger partial charge in [-0.25, -0.2) is 0 Å². The van der Waals surface area contributed by atoms with Gasteiger partial charge in [0, 0.05) is 22.4 Å². The van der Waals surface area contributed by atoms with E-state index in [1.165, 1.54) is 0 Å². The van der Waals surface area contributed by atoms with Crippen molar-refractivity contribution in [2.45, 2.75) is 26.2 Å². The van der Waals surface area contributed by atoms with Gasteiger partial charge in [-0.1, -0.05) is 36.2 Å². The van der Waals surface area contributed by atoms with Gasteiger partial charge in [-0.15, -0.1) is 0 Å². The third-order valence-electron chi connectivity index (χ3n) is 2.77. The van der Waals surface area contributed by atoms with E-state index in [1.54, 1.807) is 18.2 Å². The summed E-state index contributed by atoms with van der Waals surface area (Å²) >= 11 is 11.8. The summed E-state index contributed by atoms with van der Waals surface area (Å²) in [5.41, 5.74) is 6.26. The molecule has 1 rings (SSSR count). The first kappa shape index (κ1) is 14.5. The molecule has 0 aromatic heterocycles. The zero-order valence-electron chi connectivity index (χ0n) is 9.88. The van der Waals surface area contributed by atoms with E-state index in [1.807, 2.05) is 6.92 Å². The van der Waals surface area contributed by atoms with Gasteiger partial charge in [0.25, 0.3) is 0 Å². The van der Waals surface area contributed by atoms with E-state index in [4.69, 9.17) is 28.9 Å². The number of carbonyl (C=O) groups is 1. The van der Waals surface area contributed by atoms with Crippen LogP contribution in [0.15, 0.2) is 18.2 Å². The first-order valence-corrected chi connectivity index (χ1v) is 6.47. The molecule has 0 radical (unpaired) electrons. The van der Waals surface area contributed by atoms with Gasteiger partial charge in [0.1, 0.15) is 5.78 Å². The van der Waals surface area contributed by atoms with E-state index >= 15 is 0 Å². The van der Waals surface area contributed by atoms with Gasteiger partial charge in [0.15, 0.2) is 0 Å². The van der Waals surface area contributed by atoms with Crippen LogP contribution in [0.5, 0.6) is 0 Å². The van der Waals surface area contributed by atoms with Crippen LogP contribution in [0.1, 0.15) is 25.3 Å². The summed E-state index contributed by atoms with van der Waals surface area (Å²) in [4.78, 5) is 11.9. The molecule has 0 spiro atoms. The minimum Gasteiger partial charge on any atom is -0.330 e. The van der Waals surface area contributed by atoms with Crippen LogP contribution < -0.4 is 5.73 Å². The molecule has 1 aromatic rings. The fourth-order valence-electron chi connectivity index (χ4n) is 1.61. The van der Waals surface area contributed by atoms with Crippen LogP contribution >= 0.6 is 23.2 Å². The number of benzene rings is 1. The van der Waals surface area contributed by atoms with Crippen molar-refractivity contribution in [3.8, 4) is 0 Å². The van der Waals surface area contributed by atoms with E-state index in [9.17, 15) is 4.79 Å².